The van der Waals surface area contributed by atoms with Crippen molar-refractivity contribution in [1.29, 1.82) is 0 Å². The molecule has 0 atom stereocenters. The van der Waals surface area contributed by atoms with Gasteiger partial charge in [-0.3, -0.25) is 4.79 Å². The number of hydrogen-bond donors (Lipinski definition) is 0. The van der Waals surface area contributed by atoms with Crippen LogP contribution in [0.15, 0.2) is 33.4 Å². The van der Waals surface area contributed by atoms with E-state index in [1.807, 2.05) is 6.07 Å². The normalized spacial score (nSPS) is 10.6. The molecule has 0 spiro atoms. The highest BCUT2D eigenvalue weighted by Gasteiger charge is 2.20. The third-order valence-electron chi connectivity index (χ3n) is 2.62. The van der Waals surface area contributed by atoms with Crippen LogP contribution in [0.1, 0.15) is 22.0 Å². The maximum Gasteiger partial charge on any atom is 0.292 e. The van der Waals surface area contributed by atoms with Gasteiger partial charge in [0.25, 0.3) is 5.91 Å². The Kier molecular flexibility index (Phi) is 4.35. The Hall–Kier alpha value is -2.08. The van der Waals surface area contributed by atoms with Gasteiger partial charge in [-0.05, 0) is 19.1 Å². The molecule has 2 aromatic heterocycles. The van der Waals surface area contributed by atoms with Crippen molar-refractivity contribution in [3.8, 4) is 0 Å². The average molecular weight is 264 g/mol. The molecule has 0 saturated heterocycles. The molecule has 0 saturated carbocycles. The smallest absolute Gasteiger partial charge is 0.292 e. The summed E-state index contributed by atoms with van der Waals surface area (Å²) in [6.07, 6.45) is 1.58. The van der Waals surface area contributed by atoms with Gasteiger partial charge in [0.15, 0.2) is 0 Å². The highest BCUT2D eigenvalue weighted by molar-refractivity contribution is 5.91. The van der Waals surface area contributed by atoms with E-state index in [4.69, 9.17) is 13.7 Å². The summed E-state index contributed by atoms with van der Waals surface area (Å²) in [4.78, 5) is 13.9. The van der Waals surface area contributed by atoms with E-state index in [-0.39, 0.29) is 11.7 Å². The molecule has 0 radical (unpaired) electrons. The van der Waals surface area contributed by atoms with Crippen molar-refractivity contribution in [2.45, 2.75) is 13.5 Å². The van der Waals surface area contributed by atoms with Crippen LogP contribution in [0.3, 0.4) is 0 Å². The topological polar surface area (TPSA) is 68.7 Å². The molecule has 19 heavy (non-hydrogen) atoms. The number of amides is 1. The number of ether oxygens (including phenoxy) is 1. The Morgan fingerprint density at radius 1 is 1.53 bits per heavy atom. The molecule has 2 rings (SSSR count). The predicted molar refractivity (Wildman–Crippen MR) is 66.6 cm³/mol. The standard InChI is InChI=1S/C13H16N2O4/c1-10-8-12(19-14-10)13(16)15(5-7-17-2)9-11-4-3-6-18-11/h3-4,6,8H,5,7,9H2,1-2H3. The molecule has 0 aromatic carbocycles. The lowest BCUT2D eigenvalue weighted by Crippen LogP contribution is -2.33. The molecule has 0 aliphatic carbocycles. The zero-order valence-corrected chi connectivity index (χ0v) is 11.0. The van der Waals surface area contributed by atoms with Crippen molar-refractivity contribution in [2.75, 3.05) is 20.3 Å². The van der Waals surface area contributed by atoms with Gasteiger partial charge in [0.1, 0.15) is 5.76 Å². The van der Waals surface area contributed by atoms with Gasteiger partial charge in [-0.2, -0.15) is 0 Å². The summed E-state index contributed by atoms with van der Waals surface area (Å²) >= 11 is 0. The van der Waals surface area contributed by atoms with E-state index in [9.17, 15) is 4.79 Å². The summed E-state index contributed by atoms with van der Waals surface area (Å²) in [7, 11) is 1.59. The largest absolute Gasteiger partial charge is 0.467 e. The Labute approximate surface area is 110 Å². The molecule has 6 nitrogen and oxygen atoms in total. The highest BCUT2D eigenvalue weighted by atomic mass is 16.5. The van der Waals surface area contributed by atoms with Crippen LogP contribution in [0.2, 0.25) is 0 Å². The molecule has 1 amide bonds. The summed E-state index contributed by atoms with van der Waals surface area (Å²) in [5.41, 5.74) is 0.674. The molecule has 0 aliphatic rings. The number of furan rings is 1. The van der Waals surface area contributed by atoms with Gasteiger partial charge in [0, 0.05) is 19.7 Å². The van der Waals surface area contributed by atoms with E-state index in [0.717, 1.165) is 0 Å². The number of carbonyl (C=O) groups excluding carboxylic acids is 1. The Balaban J connectivity index is 2.10. The molecule has 0 unspecified atom stereocenters. The van der Waals surface area contributed by atoms with Crippen LogP contribution in [0.25, 0.3) is 0 Å². The summed E-state index contributed by atoms with van der Waals surface area (Å²) in [6.45, 7) is 3.04. The van der Waals surface area contributed by atoms with E-state index >= 15 is 0 Å². The van der Waals surface area contributed by atoms with Gasteiger partial charge < -0.3 is 18.6 Å². The van der Waals surface area contributed by atoms with E-state index in [2.05, 4.69) is 5.16 Å². The van der Waals surface area contributed by atoms with Crippen molar-refractivity contribution < 1.29 is 18.5 Å². The number of methoxy groups -OCH3 is 1. The molecule has 6 heteroatoms. The minimum absolute atomic E-state index is 0.222. The summed E-state index contributed by atoms with van der Waals surface area (Å²) in [5, 5.41) is 3.72. The summed E-state index contributed by atoms with van der Waals surface area (Å²) in [5.74, 6) is 0.704. The fraction of sp³-hybridized carbons (Fsp3) is 0.385. The number of aryl methyl sites for hydroxylation is 1. The molecule has 0 bridgehead atoms. The second kappa shape index (κ2) is 6.19. The van der Waals surface area contributed by atoms with Gasteiger partial charge in [-0.25, -0.2) is 0 Å². The molecular weight excluding hydrogens is 248 g/mol. The van der Waals surface area contributed by atoms with Crippen molar-refractivity contribution in [2.24, 2.45) is 0 Å². The fourth-order valence-electron chi connectivity index (χ4n) is 1.66. The lowest BCUT2D eigenvalue weighted by atomic mass is 10.3. The second-order valence-corrected chi connectivity index (χ2v) is 4.13. The lowest BCUT2D eigenvalue weighted by molar-refractivity contribution is 0.0626. The average Bonchev–Trinajstić information content (AvgIpc) is 3.05. The molecule has 0 N–H and O–H groups in total. The Bertz CT molecular complexity index is 518. The van der Waals surface area contributed by atoms with Crippen molar-refractivity contribution in [3.63, 3.8) is 0 Å². The van der Waals surface area contributed by atoms with Crippen LogP contribution >= 0.6 is 0 Å². The van der Waals surface area contributed by atoms with Crippen LogP contribution < -0.4 is 0 Å². The van der Waals surface area contributed by atoms with E-state index in [1.54, 1.807) is 37.3 Å². The minimum atomic E-state index is -0.228. The van der Waals surface area contributed by atoms with Gasteiger partial charge in [-0.15, -0.1) is 0 Å². The molecule has 0 fully saturated rings. The molecule has 2 aromatic rings. The van der Waals surface area contributed by atoms with E-state index in [1.165, 1.54) is 0 Å². The minimum Gasteiger partial charge on any atom is -0.467 e. The third kappa shape index (κ3) is 3.45. The first-order chi connectivity index (χ1) is 9.20. The molecule has 0 aliphatic heterocycles. The predicted octanol–water partition coefficient (Wildman–Crippen LogP) is 1.86. The Morgan fingerprint density at radius 3 is 2.95 bits per heavy atom. The maximum atomic E-state index is 12.3. The first-order valence-electron chi connectivity index (χ1n) is 5.94. The van der Waals surface area contributed by atoms with Crippen LogP contribution in [-0.2, 0) is 11.3 Å². The van der Waals surface area contributed by atoms with Gasteiger partial charge in [-0.1, -0.05) is 5.16 Å². The zero-order chi connectivity index (χ0) is 13.7. The SMILES string of the molecule is COCCN(Cc1ccco1)C(=O)c1cc(C)no1. The van der Waals surface area contributed by atoms with Crippen molar-refractivity contribution in [1.82, 2.24) is 10.1 Å². The second-order valence-electron chi connectivity index (χ2n) is 4.13. The number of carbonyl (C=O) groups is 1. The van der Waals surface area contributed by atoms with E-state index < -0.39 is 0 Å². The first kappa shape index (κ1) is 13.4. The molecule has 102 valence electrons. The van der Waals surface area contributed by atoms with Crippen LogP contribution in [0, 0.1) is 6.92 Å². The van der Waals surface area contributed by atoms with Crippen LogP contribution in [0.4, 0.5) is 0 Å². The third-order valence-corrected chi connectivity index (χ3v) is 2.62. The quantitative estimate of drug-likeness (QED) is 0.796. The molecule has 2 heterocycles. The number of hydrogen-bond acceptors (Lipinski definition) is 5. The van der Waals surface area contributed by atoms with Crippen LogP contribution in [-0.4, -0.2) is 36.2 Å². The summed E-state index contributed by atoms with van der Waals surface area (Å²) in [6, 6.07) is 5.22. The highest BCUT2D eigenvalue weighted by Crippen LogP contribution is 2.11. The van der Waals surface area contributed by atoms with Crippen LogP contribution in [0.5, 0.6) is 0 Å². The molecular formula is C13H16N2O4. The lowest BCUT2D eigenvalue weighted by Gasteiger charge is -2.19. The number of nitrogens with zero attached hydrogens (tertiary/aromatic N) is 2. The van der Waals surface area contributed by atoms with Gasteiger partial charge in [0.05, 0.1) is 25.1 Å². The maximum absolute atomic E-state index is 12.3. The van der Waals surface area contributed by atoms with Gasteiger partial charge >= 0.3 is 0 Å². The van der Waals surface area contributed by atoms with Crippen molar-refractivity contribution in [3.05, 3.63) is 41.7 Å². The van der Waals surface area contributed by atoms with Gasteiger partial charge in [0.2, 0.25) is 5.76 Å². The van der Waals surface area contributed by atoms with E-state index in [0.29, 0.717) is 31.2 Å². The zero-order valence-electron chi connectivity index (χ0n) is 11.0. The number of rotatable bonds is 6. The fourth-order valence-corrected chi connectivity index (χ4v) is 1.66. The first-order valence-corrected chi connectivity index (χ1v) is 5.94. The number of aromatic nitrogens is 1. The Morgan fingerprint density at radius 2 is 2.37 bits per heavy atom. The van der Waals surface area contributed by atoms with Crippen molar-refractivity contribution >= 4 is 5.91 Å². The summed E-state index contributed by atoms with van der Waals surface area (Å²) < 4.78 is 15.3. The monoisotopic (exact) mass is 264 g/mol.